The standard InChI is InChI=1S/C19H26F3N7O/c1-18(2)12-29(7-4-25-18)16(30)11-24-10-13(9-23)14-8-15(19(20,21)22)27-17(26-14)28-5-3-6-28/h8-10,25H,3-7,11-12,23H2,1-2H3/b13-9+,24-10?. The monoisotopic (exact) mass is 425 g/mol. The summed E-state index contributed by atoms with van der Waals surface area (Å²) in [5.41, 5.74) is 4.61. The van der Waals surface area contributed by atoms with E-state index in [4.69, 9.17) is 5.73 Å². The minimum absolute atomic E-state index is 0.0120. The Bertz CT molecular complexity index is 847. The Morgan fingerprint density at radius 3 is 2.63 bits per heavy atom. The summed E-state index contributed by atoms with van der Waals surface area (Å²) in [6, 6.07) is 0.842. The third kappa shape index (κ3) is 5.26. The lowest BCUT2D eigenvalue weighted by molar-refractivity contribution is -0.141. The summed E-state index contributed by atoms with van der Waals surface area (Å²) in [5.74, 6) is -0.143. The predicted octanol–water partition coefficient (Wildman–Crippen LogP) is 1.29. The number of allylic oxidation sites excluding steroid dienone is 1. The zero-order valence-electron chi connectivity index (χ0n) is 17.0. The van der Waals surface area contributed by atoms with E-state index in [0.29, 0.717) is 32.7 Å². The van der Waals surface area contributed by atoms with Crippen molar-refractivity contribution >= 4 is 23.6 Å². The van der Waals surface area contributed by atoms with Crippen LogP contribution in [0.1, 0.15) is 31.7 Å². The highest BCUT2D eigenvalue weighted by molar-refractivity contribution is 6.09. The molecule has 3 rings (SSSR count). The fraction of sp³-hybridized carbons (Fsp3) is 0.579. The van der Waals surface area contributed by atoms with Crippen LogP contribution in [-0.2, 0) is 11.0 Å². The Balaban J connectivity index is 1.74. The highest BCUT2D eigenvalue weighted by Crippen LogP contribution is 2.31. The lowest BCUT2D eigenvalue weighted by Gasteiger charge is -2.38. The largest absolute Gasteiger partial charge is 0.433 e. The molecule has 0 unspecified atom stereocenters. The summed E-state index contributed by atoms with van der Waals surface area (Å²) in [6.45, 7) is 6.93. The number of nitrogens with two attached hydrogens (primary N) is 1. The van der Waals surface area contributed by atoms with E-state index < -0.39 is 11.9 Å². The minimum atomic E-state index is -4.61. The molecule has 30 heavy (non-hydrogen) atoms. The molecule has 1 aromatic rings. The molecule has 2 aliphatic rings. The van der Waals surface area contributed by atoms with Crippen LogP contribution in [0.15, 0.2) is 17.3 Å². The van der Waals surface area contributed by atoms with Crippen molar-refractivity contribution in [2.24, 2.45) is 10.7 Å². The van der Waals surface area contributed by atoms with Gasteiger partial charge in [0, 0.05) is 56.3 Å². The number of alkyl halides is 3. The van der Waals surface area contributed by atoms with Crippen molar-refractivity contribution in [3.8, 4) is 0 Å². The van der Waals surface area contributed by atoms with Gasteiger partial charge in [0.25, 0.3) is 0 Å². The zero-order chi connectivity index (χ0) is 21.9. The molecular formula is C19H26F3N7O. The van der Waals surface area contributed by atoms with Gasteiger partial charge in [-0.05, 0) is 26.3 Å². The molecule has 0 aromatic carbocycles. The van der Waals surface area contributed by atoms with E-state index >= 15 is 0 Å². The Hall–Kier alpha value is -2.69. The summed E-state index contributed by atoms with van der Waals surface area (Å²) in [6.07, 6.45) is -1.32. The fourth-order valence-electron chi connectivity index (χ4n) is 3.26. The number of amides is 1. The summed E-state index contributed by atoms with van der Waals surface area (Å²) in [7, 11) is 0. The normalized spacial score (nSPS) is 19.8. The Labute approximate surface area is 173 Å². The van der Waals surface area contributed by atoms with Gasteiger partial charge in [0.05, 0.1) is 5.69 Å². The number of piperazine rings is 1. The number of rotatable bonds is 5. The van der Waals surface area contributed by atoms with Crippen LogP contribution >= 0.6 is 0 Å². The van der Waals surface area contributed by atoms with Crippen molar-refractivity contribution in [1.82, 2.24) is 20.2 Å². The van der Waals surface area contributed by atoms with Crippen LogP contribution in [-0.4, -0.2) is 71.8 Å². The second-order valence-electron chi connectivity index (χ2n) is 7.99. The van der Waals surface area contributed by atoms with E-state index in [-0.39, 0.29) is 35.2 Å². The van der Waals surface area contributed by atoms with Gasteiger partial charge in [-0.3, -0.25) is 9.79 Å². The molecule has 0 bridgehead atoms. The molecule has 0 radical (unpaired) electrons. The van der Waals surface area contributed by atoms with E-state index in [1.165, 1.54) is 6.21 Å². The molecule has 1 aromatic heterocycles. The minimum Gasteiger partial charge on any atom is -0.404 e. The van der Waals surface area contributed by atoms with Crippen LogP contribution in [0, 0.1) is 0 Å². The van der Waals surface area contributed by atoms with Gasteiger partial charge in [0.1, 0.15) is 6.54 Å². The van der Waals surface area contributed by atoms with E-state index in [2.05, 4.69) is 20.3 Å². The van der Waals surface area contributed by atoms with Gasteiger partial charge >= 0.3 is 6.18 Å². The van der Waals surface area contributed by atoms with Crippen LogP contribution in [0.3, 0.4) is 0 Å². The van der Waals surface area contributed by atoms with E-state index in [1.54, 1.807) is 9.80 Å². The SMILES string of the molecule is CC1(C)CN(C(=O)CN=C/C(=C\N)c2cc(C(F)(F)F)nc(N3CCC3)n2)CCN1. The quantitative estimate of drug-likeness (QED) is 0.690. The lowest BCUT2D eigenvalue weighted by Crippen LogP contribution is -2.58. The van der Waals surface area contributed by atoms with E-state index in [0.717, 1.165) is 18.7 Å². The molecule has 2 aliphatic heterocycles. The molecular weight excluding hydrogens is 399 g/mol. The second kappa shape index (κ2) is 8.58. The average molecular weight is 425 g/mol. The number of nitrogens with zero attached hydrogens (tertiary/aromatic N) is 5. The van der Waals surface area contributed by atoms with E-state index in [1.807, 2.05) is 13.8 Å². The zero-order valence-corrected chi connectivity index (χ0v) is 17.0. The van der Waals surface area contributed by atoms with Crippen LogP contribution in [0.25, 0.3) is 5.57 Å². The number of hydrogen-bond acceptors (Lipinski definition) is 7. The molecule has 164 valence electrons. The summed E-state index contributed by atoms with van der Waals surface area (Å²) in [5, 5.41) is 3.32. The van der Waals surface area contributed by atoms with Crippen molar-refractivity contribution in [2.75, 3.05) is 44.2 Å². The molecule has 0 aliphatic carbocycles. The van der Waals surface area contributed by atoms with Gasteiger partial charge in [0.2, 0.25) is 11.9 Å². The number of nitrogens with one attached hydrogen (secondary N) is 1. The maximum Gasteiger partial charge on any atom is 0.433 e. The number of aromatic nitrogens is 2. The third-order valence-electron chi connectivity index (χ3n) is 5.00. The van der Waals surface area contributed by atoms with Crippen molar-refractivity contribution in [2.45, 2.75) is 32.0 Å². The number of hydrogen-bond donors (Lipinski definition) is 2. The Morgan fingerprint density at radius 1 is 1.33 bits per heavy atom. The topological polar surface area (TPSA) is 99.7 Å². The molecule has 3 N–H and O–H groups in total. The average Bonchev–Trinajstić information content (AvgIpc) is 2.62. The predicted molar refractivity (Wildman–Crippen MR) is 108 cm³/mol. The maximum absolute atomic E-state index is 13.3. The first-order valence-corrected chi connectivity index (χ1v) is 9.75. The maximum atomic E-state index is 13.3. The van der Waals surface area contributed by atoms with Gasteiger partial charge in [-0.2, -0.15) is 13.2 Å². The molecule has 0 saturated carbocycles. The highest BCUT2D eigenvalue weighted by atomic mass is 19.4. The van der Waals surface area contributed by atoms with Gasteiger partial charge in [0.15, 0.2) is 5.69 Å². The third-order valence-corrected chi connectivity index (χ3v) is 5.00. The van der Waals surface area contributed by atoms with Crippen LogP contribution < -0.4 is 16.0 Å². The van der Waals surface area contributed by atoms with Gasteiger partial charge in [-0.1, -0.05) is 0 Å². The van der Waals surface area contributed by atoms with Crippen molar-refractivity contribution in [3.05, 3.63) is 23.7 Å². The first-order valence-electron chi connectivity index (χ1n) is 9.75. The number of aliphatic imine (C=N–C) groups is 1. The van der Waals surface area contributed by atoms with Crippen LogP contribution in [0.5, 0.6) is 0 Å². The highest BCUT2D eigenvalue weighted by Gasteiger charge is 2.35. The molecule has 0 spiro atoms. The van der Waals surface area contributed by atoms with Crippen LogP contribution in [0.2, 0.25) is 0 Å². The smallest absolute Gasteiger partial charge is 0.404 e. The molecule has 1 amide bonds. The number of carbonyl (C=O) groups excluding carboxylic acids is 1. The molecule has 3 heterocycles. The summed E-state index contributed by atoms with van der Waals surface area (Å²) < 4.78 is 39.8. The first-order chi connectivity index (χ1) is 14.1. The number of anilines is 1. The molecule has 2 fully saturated rings. The van der Waals surface area contributed by atoms with Crippen LogP contribution in [0.4, 0.5) is 19.1 Å². The Morgan fingerprint density at radius 2 is 2.07 bits per heavy atom. The second-order valence-corrected chi connectivity index (χ2v) is 7.99. The van der Waals surface area contributed by atoms with Crippen molar-refractivity contribution in [1.29, 1.82) is 0 Å². The molecule has 8 nitrogen and oxygen atoms in total. The number of halogens is 3. The van der Waals surface area contributed by atoms with E-state index in [9.17, 15) is 18.0 Å². The molecule has 0 atom stereocenters. The first kappa shape index (κ1) is 22.0. The number of carbonyl (C=O) groups is 1. The molecule has 2 saturated heterocycles. The molecule has 11 heteroatoms. The summed E-state index contributed by atoms with van der Waals surface area (Å²) in [4.78, 5) is 27.8. The van der Waals surface area contributed by atoms with Gasteiger partial charge in [-0.15, -0.1) is 0 Å². The van der Waals surface area contributed by atoms with Crippen molar-refractivity contribution in [3.63, 3.8) is 0 Å². The Kier molecular flexibility index (Phi) is 6.30. The van der Waals surface area contributed by atoms with Gasteiger partial charge < -0.3 is 20.9 Å². The summed E-state index contributed by atoms with van der Waals surface area (Å²) >= 11 is 0. The van der Waals surface area contributed by atoms with Gasteiger partial charge in [-0.25, -0.2) is 9.97 Å². The van der Waals surface area contributed by atoms with Crippen molar-refractivity contribution < 1.29 is 18.0 Å². The lowest BCUT2D eigenvalue weighted by atomic mass is 10.0. The fourth-order valence-corrected chi connectivity index (χ4v) is 3.26.